The summed E-state index contributed by atoms with van der Waals surface area (Å²) >= 11 is 0. The van der Waals surface area contributed by atoms with Gasteiger partial charge in [0, 0.05) is 33.7 Å². The largest absolute Gasteiger partial charge is 0.497 e. The van der Waals surface area contributed by atoms with Crippen molar-refractivity contribution in [1.29, 1.82) is 0 Å². The quantitative estimate of drug-likeness (QED) is 0.609. The Morgan fingerprint density at radius 3 is 2.52 bits per heavy atom. The van der Waals surface area contributed by atoms with Crippen LogP contribution in [0, 0.1) is 5.92 Å². The topological polar surface area (TPSA) is 40.1 Å². The molecule has 0 amide bonds. The summed E-state index contributed by atoms with van der Waals surface area (Å²) in [4.78, 5) is 9.19. The molecule has 25 heavy (non-hydrogen) atoms. The minimum Gasteiger partial charge on any atom is -0.497 e. The Morgan fingerprint density at radius 1 is 1.24 bits per heavy atom. The first-order valence-electron chi connectivity index (χ1n) is 9.39. The summed E-state index contributed by atoms with van der Waals surface area (Å²) in [6.45, 7) is 7.79. The molecule has 0 spiro atoms. The Kier molecular flexibility index (Phi) is 8.06. The van der Waals surface area contributed by atoms with Crippen LogP contribution in [0.25, 0.3) is 0 Å². The molecule has 0 saturated carbocycles. The van der Waals surface area contributed by atoms with Crippen LogP contribution in [0.1, 0.15) is 31.7 Å². The van der Waals surface area contributed by atoms with Crippen LogP contribution in [0.15, 0.2) is 29.3 Å². The van der Waals surface area contributed by atoms with Crippen LogP contribution in [0.3, 0.4) is 0 Å². The first-order chi connectivity index (χ1) is 12.1. The van der Waals surface area contributed by atoms with Crippen LogP contribution in [0.2, 0.25) is 0 Å². The minimum absolute atomic E-state index is 0.615. The van der Waals surface area contributed by atoms with E-state index < -0.39 is 0 Å². The van der Waals surface area contributed by atoms with Crippen molar-refractivity contribution in [2.24, 2.45) is 10.9 Å². The van der Waals surface area contributed by atoms with Crippen LogP contribution < -0.4 is 10.1 Å². The zero-order valence-corrected chi connectivity index (χ0v) is 16.3. The van der Waals surface area contributed by atoms with E-state index in [1.807, 2.05) is 19.2 Å². The number of hydrogen-bond donors (Lipinski definition) is 1. The first-order valence-corrected chi connectivity index (χ1v) is 9.39. The normalized spacial score (nSPS) is 17.2. The number of aliphatic imine (C=N–C) groups is 1. The van der Waals surface area contributed by atoms with Crippen molar-refractivity contribution in [2.75, 3.05) is 47.4 Å². The number of hydrogen-bond acceptors (Lipinski definition) is 3. The molecule has 1 atom stereocenters. The lowest BCUT2D eigenvalue weighted by molar-refractivity contribution is 0.200. The fourth-order valence-electron chi connectivity index (χ4n) is 3.38. The van der Waals surface area contributed by atoms with Crippen LogP contribution in [-0.2, 0) is 6.54 Å². The van der Waals surface area contributed by atoms with Gasteiger partial charge in [-0.3, -0.25) is 4.99 Å². The lowest BCUT2D eigenvalue weighted by atomic mass is 10.1. The highest BCUT2D eigenvalue weighted by atomic mass is 16.5. The number of ether oxygens (including phenoxy) is 1. The summed E-state index contributed by atoms with van der Waals surface area (Å²) in [6, 6.07) is 8.20. The third-order valence-electron chi connectivity index (χ3n) is 4.78. The molecule has 1 fully saturated rings. The lowest BCUT2D eigenvalue weighted by Crippen LogP contribution is -2.43. The second-order valence-electron chi connectivity index (χ2n) is 7.10. The fraction of sp³-hybridized carbons (Fsp3) is 0.650. The molecule has 5 heteroatoms. The molecule has 1 N–H and O–H groups in total. The molecule has 0 aliphatic carbocycles. The van der Waals surface area contributed by atoms with E-state index in [0.717, 1.165) is 24.8 Å². The first kappa shape index (κ1) is 19.6. The van der Waals surface area contributed by atoms with Crippen molar-refractivity contribution in [3.8, 4) is 5.75 Å². The van der Waals surface area contributed by atoms with Gasteiger partial charge in [-0.2, -0.15) is 0 Å². The highest BCUT2D eigenvalue weighted by Gasteiger charge is 2.14. The number of nitrogens with one attached hydrogen (secondary N) is 1. The lowest BCUT2D eigenvalue weighted by Gasteiger charge is -2.30. The SMILES string of the molecule is CN=C(NCC(C)CN1CCCCC1)N(C)Cc1ccc(OC)cc1. The molecule has 2 rings (SSSR count). The molecule has 0 bridgehead atoms. The zero-order chi connectivity index (χ0) is 18.1. The molecule has 1 unspecified atom stereocenters. The third kappa shape index (κ3) is 6.58. The molecule has 1 aromatic rings. The van der Waals surface area contributed by atoms with Crippen molar-refractivity contribution < 1.29 is 4.74 Å². The summed E-state index contributed by atoms with van der Waals surface area (Å²) in [5.74, 6) is 2.45. The number of likely N-dealkylation sites (tertiary alicyclic amines) is 1. The highest BCUT2D eigenvalue weighted by Crippen LogP contribution is 2.13. The molecule has 1 heterocycles. The minimum atomic E-state index is 0.615. The van der Waals surface area contributed by atoms with Crippen LogP contribution in [0.5, 0.6) is 5.75 Å². The molecule has 1 aliphatic heterocycles. The Balaban J connectivity index is 1.77. The van der Waals surface area contributed by atoms with E-state index >= 15 is 0 Å². The summed E-state index contributed by atoms with van der Waals surface area (Å²) in [5.41, 5.74) is 1.24. The summed E-state index contributed by atoms with van der Waals surface area (Å²) in [5, 5.41) is 3.53. The Hall–Kier alpha value is -1.75. The van der Waals surface area contributed by atoms with Gasteiger partial charge in [0.25, 0.3) is 0 Å². The smallest absolute Gasteiger partial charge is 0.193 e. The monoisotopic (exact) mass is 346 g/mol. The maximum Gasteiger partial charge on any atom is 0.193 e. The van der Waals surface area contributed by atoms with Gasteiger partial charge in [0.05, 0.1) is 7.11 Å². The fourth-order valence-corrected chi connectivity index (χ4v) is 3.38. The molecule has 5 nitrogen and oxygen atoms in total. The van der Waals surface area contributed by atoms with Gasteiger partial charge < -0.3 is 19.9 Å². The van der Waals surface area contributed by atoms with Crippen LogP contribution in [-0.4, -0.2) is 63.1 Å². The van der Waals surface area contributed by atoms with E-state index in [-0.39, 0.29) is 0 Å². The predicted molar refractivity (Wildman–Crippen MR) is 105 cm³/mol. The van der Waals surface area contributed by atoms with Crippen molar-refractivity contribution in [3.05, 3.63) is 29.8 Å². The maximum atomic E-state index is 5.22. The van der Waals surface area contributed by atoms with E-state index in [1.54, 1.807) is 7.11 Å². The van der Waals surface area contributed by atoms with Gasteiger partial charge >= 0.3 is 0 Å². The number of guanidine groups is 1. The number of methoxy groups -OCH3 is 1. The van der Waals surface area contributed by atoms with E-state index in [9.17, 15) is 0 Å². The second kappa shape index (κ2) is 10.3. The van der Waals surface area contributed by atoms with Crippen molar-refractivity contribution >= 4 is 5.96 Å². The summed E-state index contributed by atoms with van der Waals surface area (Å²) in [6.07, 6.45) is 4.10. The van der Waals surface area contributed by atoms with Crippen LogP contribution >= 0.6 is 0 Å². The van der Waals surface area contributed by atoms with Gasteiger partial charge in [-0.05, 0) is 49.5 Å². The van der Waals surface area contributed by atoms with Gasteiger partial charge in [0.15, 0.2) is 5.96 Å². The summed E-state index contributed by atoms with van der Waals surface area (Å²) in [7, 11) is 5.62. The average molecular weight is 347 g/mol. The summed E-state index contributed by atoms with van der Waals surface area (Å²) < 4.78 is 5.22. The molecule has 1 aromatic carbocycles. The van der Waals surface area contributed by atoms with Gasteiger partial charge in [0.1, 0.15) is 5.75 Å². The van der Waals surface area contributed by atoms with Crippen molar-refractivity contribution in [3.63, 3.8) is 0 Å². The van der Waals surface area contributed by atoms with Gasteiger partial charge in [-0.1, -0.05) is 25.5 Å². The van der Waals surface area contributed by atoms with Crippen molar-refractivity contribution in [1.82, 2.24) is 15.1 Å². The van der Waals surface area contributed by atoms with E-state index in [2.05, 4.69) is 46.2 Å². The maximum absolute atomic E-state index is 5.22. The van der Waals surface area contributed by atoms with Gasteiger partial charge in [-0.25, -0.2) is 0 Å². The third-order valence-corrected chi connectivity index (χ3v) is 4.78. The molecule has 140 valence electrons. The molecule has 0 aromatic heterocycles. The molecule has 1 aliphatic rings. The average Bonchev–Trinajstić information content (AvgIpc) is 2.63. The Bertz CT molecular complexity index is 523. The highest BCUT2D eigenvalue weighted by molar-refractivity contribution is 5.79. The van der Waals surface area contributed by atoms with Gasteiger partial charge in [0.2, 0.25) is 0 Å². The number of nitrogens with zero attached hydrogens (tertiary/aromatic N) is 3. The number of rotatable bonds is 7. The Labute approximate surface area is 153 Å². The standard InChI is InChI=1S/C20H34N4O/c1-17(15-24-12-6-5-7-13-24)14-22-20(21-2)23(3)16-18-8-10-19(25-4)11-9-18/h8-11,17H,5-7,12-16H2,1-4H3,(H,21,22). The molecular weight excluding hydrogens is 312 g/mol. The number of piperidine rings is 1. The van der Waals surface area contributed by atoms with E-state index in [4.69, 9.17) is 4.74 Å². The second-order valence-corrected chi connectivity index (χ2v) is 7.10. The zero-order valence-electron chi connectivity index (χ0n) is 16.3. The van der Waals surface area contributed by atoms with Gasteiger partial charge in [-0.15, -0.1) is 0 Å². The Morgan fingerprint density at radius 2 is 1.92 bits per heavy atom. The van der Waals surface area contributed by atoms with E-state index in [1.165, 1.54) is 44.5 Å². The molecule has 1 saturated heterocycles. The van der Waals surface area contributed by atoms with Crippen molar-refractivity contribution in [2.45, 2.75) is 32.7 Å². The molecule has 0 radical (unpaired) electrons. The van der Waals surface area contributed by atoms with E-state index in [0.29, 0.717) is 5.92 Å². The molecular formula is C20H34N4O. The predicted octanol–water partition coefficient (Wildman–Crippen LogP) is 2.82. The number of benzene rings is 1. The van der Waals surface area contributed by atoms with Crippen LogP contribution in [0.4, 0.5) is 0 Å².